The molecule has 0 aromatic carbocycles. The van der Waals surface area contributed by atoms with Gasteiger partial charge >= 0.3 is 29.8 Å². The summed E-state index contributed by atoms with van der Waals surface area (Å²) < 4.78 is 18.4. The van der Waals surface area contributed by atoms with Crippen molar-refractivity contribution in [1.82, 2.24) is 0 Å². The van der Waals surface area contributed by atoms with Crippen molar-refractivity contribution in [3.63, 3.8) is 0 Å². The van der Waals surface area contributed by atoms with Crippen molar-refractivity contribution in [2.45, 2.75) is 141 Å². The molecule has 27 atom stereocenters. The molecule has 0 aromatic rings. The van der Waals surface area contributed by atoms with Gasteiger partial charge in [0, 0.05) is 6.42 Å². The number of rotatable bonds is 7. The average molecular weight is 881 g/mol. The molecule has 348 valence electrons. The largest absolute Gasteiger partial charge is 0.481 e. The predicted octanol–water partition coefficient (Wildman–Crippen LogP) is 7.82. The van der Waals surface area contributed by atoms with E-state index in [0.29, 0.717) is 107 Å². The molecular formula is C54H72O10. The first-order chi connectivity index (χ1) is 30.4. The first-order valence-electron chi connectivity index (χ1n) is 26.6. The summed E-state index contributed by atoms with van der Waals surface area (Å²) in [7, 11) is 0. The lowest BCUT2D eigenvalue weighted by Crippen LogP contribution is -2.61. The van der Waals surface area contributed by atoms with E-state index >= 15 is 0 Å². The zero-order chi connectivity index (χ0) is 44.0. The maximum atomic E-state index is 14.9. The molecule has 10 heteroatoms. The molecule has 0 spiro atoms. The molecule has 15 fully saturated rings. The smallest absolute Gasteiger partial charge is 0.317 e. The van der Waals surface area contributed by atoms with Crippen LogP contribution in [0.25, 0.3) is 0 Å². The Kier molecular flexibility index (Phi) is 8.22. The number of carboxylic acid groups (broad SMARTS) is 1. The quantitative estimate of drug-likeness (QED) is 0.112. The second-order valence-corrected chi connectivity index (χ2v) is 27.4. The molecule has 14 aliphatic carbocycles. The number of aliphatic hydroxyl groups is 1. The number of esters is 4. The van der Waals surface area contributed by atoms with Gasteiger partial charge in [-0.1, -0.05) is 13.8 Å². The molecule has 64 heavy (non-hydrogen) atoms. The number of carbonyl (C=O) groups is 5. The Balaban J connectivity index is 0.828. The summed E-state index contributed by atoms with van der Waals surface area (Å²) in [4.78, 5) is 69.1. The van der Waals surface area contributed by atoms with Crippen molar-refractivity contribution < 1.29 is 48.4 Å². The summed E-state index contributed by atoms with van der Waals surface area (Å²) in [6.07, 6.45) is 12.9. The monoisotopic (exact) mass is 881 g/mol. The maximum absolute atomic E-state index is 14.9. The fourth-order valence-electron chi connectivity index (χ4n) is 23.8. The third kappa shape index (κ3) is 5.22. The van der Waals surface area contributed by atoms with Gasteiger partial charge in [0.1, 0.15) is 11.2 Å². The summed E-state index contributed by atoms with van der Waals surface area (Å²) in [5.41, 5.74) is -1.85. The van der Waals surface area contributed by atoms with Crippen LogP contribution in [0.2, 0.25) is 0 Å². The fraction of sp³-hybridized carbons (Fsp3) is 0.907. The molecule has 15 rings (SSSR count). The van der Waals surface area contributed by atoms with Gasteiger partial charge in [0.25, 0.3) is 0 Å². The van der Waals surface area contributed by atoms with Crippen LogP contribution in [0.4, 0.5) is 0 Å². The lowest BCUT2D eigenvalue weighted by atomic mass is 9.49. The van der Waals surface area contributed by atoms with Crippen molar-refractivity contribution in [2.24, 2.45) is 160 Å². The van der Waals surface area contributed by atoms with Gasteiger partial charge in [-0.3, -0.25) is 24.0 Å². The predicted molar refractivity (Wildman–Crippen MR) is 229 cm³/mol. The number of hydrogen-bond acceptors (Lipinski definition) is 9. The van der Waals surface area contributed by atoms with E-state index in [-0.39, 0.29) is 59.3 Å². The standard InChI is InChI=1S/C54H72O10/c1-20-27-13-34(43-29-8-25(39(27)43)11-32(29)49(58)63-52(3,4)5)37(20)45-35-14-36(42-28-7-24(40(35)42)10-31(28)47(55)56)46(45)41-26-9-30(44(41)38-21(2)48(57)62-51(38)60)33(12-26)50(59)64-54-17-22-6-23(18-54)16-53(61,15-22)19-54/h20-46,61H,6-19H2,1-5H3,(H,55,56). The maximum Gasteiger partial charge on any atom is 0.317 e. The Morgan fingerprint density at radius 2 is 1.11 bits per heavy atom. The number of aliphatic carboxylic acids is 1. The molecule has 0 radical (unpaired) electrons. The van der Waals surface area contributed by atoms with E-state index in [1.54, 1.807) is 0 Å². The van der Waals surface area contributed by atoms with Crippen LogP contribution >= 0.6 is 0 Å². The van der Waals surface area contributed by atoms with E-state index in [9.17, 15) is 34.2 Å². The van der Waals surface area contributed by atoms with Crippen molar-refractivity contribution in [2.75, 3.05) is 0 Å². The zero-order valence-electron chi connectivity index (χ0n) is 38.6. The van der Waals surface area contributed by atoms with Gasteiger partial charge < -0.3 is 24.4 Å². The SMILES string of the molecule is CC1C(=O)OC(=O)C1C1C2CC(CC2C(=O)OC23CC4CC(CC(O)(C4)C2)C3)C1C1C2CC(C3C4CC(C(=O)O)C(C4)C23)C1C1C(C)C2CC1C1C3CC(CC3C(=O)OC(C)(C)C)C21. The van der Waals surface area contributed by atoms with Crippen LogP contribution < -0.4 is 0 Å². The second kappa shape index (κ2) is 13.0. The number of cyclic esters (lactones) is 2. The van der Waals surface area contributed by atoms with Gasteiger partial charge in [0.15, 0.2) is 0 Å². The second-order valence-electron chi connectivity index (χ2n) is 27.4. The fourth-order valence-corrected chi connectivity index (χ4v) is 23.8. The average Bonchev–Trinajstić information content (AvgIpc) is 4.06. The molecular weight excluding hydrogens is 809 g/mol. The Morgan fingerprint density at radius 1 is 0.578 bits per heavy atom. The summed E-state index contributed by atoms with van der Waals surface area (Å²) in [5, 5.41) is 22.1. The zero-order valence-corrected chi connectivity index (χ0v) is 38.6. The minimum absolute atomic E-state index is 0.00510. The lowest BCUT2D eigenvalue weighted by molar-refractivity contribution is -0.224. The highest BCUT2D eigenvalue weighted by atomic mass is 16.6. The highest BCUT2D eigenvalue weighted by molar-refractivity contribution is 5.96. The first kappa shape index (κ1) is 40.6. The molecule has 14 bridgehead atoms. The number of carbonyl (C=O) groups excluding carboxylic acids is 4. The van der Waals surface area contributed by atoms with Gasteiger partial charge in [-0.05, 0) is 234 Å². The third-order valence-electron chi connectivity index (χ3n) is 24.0. The molecule has 1 heterocycles. The summed E-state index contributed by atoms with van der Waals surface area (Å²) in [6.45, 7) is 10.4. The van der Waals surface area contributed by atoms with Gasteiger partial charge in [-0.2, -0.15) is 0 Å². The molecule has 14 saturated carbocycles. The van der Waals surface area contributed by atoms with Crippen LogP contribution in [0, 0.1) is 160 Å². The van der Waals surface area contributed by atoms with Crippen molar-refractivity contribution >= 4 is 29.8 Å². The van der Waals surface area contributed by atoms with E-state index < -0.39 is 46.5 Å². The number of hydrogen-bond donors (Lipinski definition) is 2. The Bertz CT molecular complexity index is 2090. The minimum Gasteiger partial charge on any atom is -0.481 e. The molecule has 27 unspecified atom stereocenters. The van der Waals surface area contributed by atoms with Crippen LogP contribution in [-0.4, -0.2) is 56.9 Å². The lowest BCUT2D eigenvalue weighted by Gasteiger charge is -2.59. The third-order valence-corrected chi connectivity index (χ3v) is 24.0. The molecule has 0 aromatic heterocycles. The molecule has 0 amide bonds. The number of ether oxygens (including phenoxy) is 3. The molecule has 10 nitrogen and oxygen atoms in total. The topological polar surface area (TPSA) is 154 Å². The van der Waals surface area contributed by atoms with E-state index in [4.69, 9.17) is 14.2 Å². The summed E-state index contributed by atoms with van der Waals surface area (Å²) in [6, 6.07) is 0. The van der Waals surface area contributed by atoms with E-state index in [1.165, 1.54) is 6.42 Å². The van der Waals surface area contributed by atoms with Gasteiger partial charge in [-0.25, -0.2) is 0 Å². The highest BCUT2D eigenvalue weighted by Crippen LogP contribution is 2.81. The Labute approximate surface area is 378 Å². The van der Waals surface area contributed by atoms with Crippen LogP contribution in [0.5, 0.6) is 0 Å². The molecule has 1 saturated heterocycles. The van der Waals surface area contributed by atoms with Crippen LogP contribution in [-0.2, 0) is 38.2 Å². The molecule has 15 aliphatic rings. The van der Waals surface area contributed by atoms with Crippen molar-refractivity contribution in [1.29, 1.82) is 0 Å². The van der Waals surface area contributed by atoms with Crippen LogP contribution in [0.15, 0.2) is 0 Å². The van der Waals surface area contributed by atoms with Crippen LogP contribution in [0.1, 0.15) is 125 Å². The highest BCUT2D eigenvalue weighted by Gasteiger charge is 2.77. The van der Waals surface area contributed by atoms with Crippen molar-refractivity contribution in [3.05, 3.63) is 0 Å². The first-order valence-corrected chi connectivity index (χ1v) is 26.6. The molecule has 1 aliphatic heterocycles. The summed E-state index contributed by atoms with van der Waals surface area (Å²) >= 11 is 0. The van der Waals surface area contributed by atoms with Gasteiger partial charge in [0.05, 0.1) is 35.2 Å². The number of fused-ring (bicyclic) bond motifs is 20. The van der Waals surface area contributed by atoms with Crippen molar-refractivity contribution in [3.8, 4) is 0 Å². The number of carboxylic acids is 1. The van der Waals surface area contributed by atoms with Crippen LogP contribution in [0.3, 0.4) is 0 Å². The van der Waals surface area contributed by atoms with E-state index in [0.717, 1.165) is 77.0 Å². The summed E-state index contributed by atoms with van der Waals surface area (Å²) in [5.74, 6) is 5.45. The van der Waals surface area contributed by atoms with E-state index in [2.05, 4.69) is 6.92 Å². The Hall–Kier alpha value is -2.49. The Morgan fingerprint density at radius 3 is 1.72 bits per heavy atom. The normalized spacial score (nSPS) is 60.5. The van der Waals surface area contributed by atoms with Gasteiger partial charge in [-0.15, -0.1) is 0 Å². The van der Waals surface area contributed by atoms with Gasteiger partial charge in [0.2, 0.25) is 0 Å². The van der Waals surface area contributed by atoms with E-state index in [1.807, 2.05) is 27.7 Å². The molecule has 2 N–H and O–H groups in total. The minimum atomic E-state index is -0.740.